The van der Waals surface area contributed by atoms with Gasteiger partial charge < -0.3 is 0 Å². The second kappa shape index (κ2) is 7.22. The number of hydrogen-bond acceptors (Lipinski definition) is 0. The Kier molecular flexibility index (Phi) is 5.60. The van der Waals surface area contributed by atoms with Gasteiger partial charge in [-0.15, -0.1) is 0 Å². The summed E-state index contributed by atoms with van der Waals surface area (Å²) in [7, 11) is 0. The standard InChI is InChI=1S/C21H29.2CH3.Hf/c1-4-5-6-7-8-9-16-10-11-17-12-18-14-21(2,3)15-19(18)13-20(16)17;;;/h10-13H,4-9,14-15H2,1-3H3;2*1H3;. The van der Waals surface area contributed by atoms with E-state index in [-0.39, 0.29) is 0 Å². The Morgan fingerprint density at radius 1 is 0.958 bits per heavy atom. The fourth-order valence-electron chi connectivity index (χ4n) is 4.89. The summed E-state index contributed by atoms with van der Waals surface area (Å²) in [4.78, 5) is 0. The Morgan fingerprint density at radius 3 is 2.29 bits per heavy atom. The second-order valence-corrected chi connectivity index (χ2v) is 19.6. The van der Waals surface area contributed by atoms with E-state index in [1.54, 1.807) is 22.3 Å². The summed E-state index contributed by atoms with van der Waals surface area (Å²) in [5, 5.41) is 0. The summed E-state index contributed by atoms with van der Waals surface area (Å²) in [5.74, 6) is 0. The molecule has 0 saturated heterocycles. The van der Waals surface area contributed by atoms with E-state index in [1.807, 2.05) is 0 Å². The number of allylic oxidation sites excluding steroid dienone is 1. The van der Waals surface area contributed by atoms with Crippen molar-refractivity contribution < 1.29 is 21.4 Å². The minimum atomic E-state index is -1.59. The molecule has 0 aliphatic heterocycles. The van der Waals surface area contributed by atoms with Crippen LogP contribution >= 0.6 is 0 Å². The molecule has 1 atom stereocenters. The Bertz CT molecular complexity index is 623. The average molecular weight is 490 g/mol. The van der Waals surface area contributed by atoms with Crippen molar-refractivity contribution in [1.29, 1.82) is 0 Å². The summed E-state index contributed by atoms with van der Waals surface area (Å²) in [6.07, 6.45) is 16.1. The van der Waals surface area contributed by atoms with Gasteiger partial charge in [-0.2, -0.15) is 0 Å². The predicted molar refractivity (Wildman–Crippen MR) is 103 cm³/mol. The number of benzene rings is 1. The van der Waals surface area contributed by atoms with E-state index in [4.69, 9.17) is 0 Å². The van der Waals surface area contributed by atoms with Gasteiger partial charge in [-0.3, -0.25) is 0 Å². The van der Waals surface area contributed by atoms with Crippen molar-refractivity contribution in [3.8, 4) is 0 Å². The van der Waals surface area contributed by atoms with E-state index < -0.39 is 21.4 Å². The molecule has 0 saturated carbocycles. The fourth-order valence-corrected chi connectivity index (χ4v) is 11.5. The van der Waals surface area contributed by atoms with Crippen LogP contribution in [0.4, 0.5) is 0 Å². The summed E-state index contributed by atoms with van der Waals surface area (Å²) < 4.78 is 5.76. The van der Waals surface area contributed by atoms with E-state index in [9.17, 15) is 0 Å². The molecule has 0 aromatic heterocycles. The maximum absolute atomic E-state index is 2.64. The van der Waals surface area contributed by atoms with Crippen LogP contribution in [0.5, 0.6) is 0 Å². The molecule has 3 rings (SSSR count). The molecule has 0 spiro atoms. The van der Waals surface area contributed by atoms with Crippen LogP contribution in [-0.4, -0.2) is 0 Å². The van der Waals surface area contributed by atoms with E-state index in [2.05, 4.69) is 54.4 Å². The van der Waals surface area contributed by atoms with Crippen molar-refractivity contribution >= 4 is 6.08 Å². The number of rotatable bonds is 7. The zero-order valence-electron chi connectivity index (χ0n) is 16.5. The quantitative estimate of drug-likeness (QED) is 0.283. The minimum absolute atomic E-state index is 0.464. The first kappa shape index (κ1) is 18.6. The molecule has 2 aliphatic rings. The molecule has 0 N–H and O–H groups in total. The summed E-state index contributed by atoms with van der Waals surface area (Å²) >= 11 is -1.59. The molecule has 2 aliphatic carbocycles. The molecule has 1 aromatic rings. The Hall–Kier alpha value is -0.170. The molecule has 0 nitrogen and oxygen atoms in total. The van der Waals surface area contributed by atoms with Crippen LogP contribution in [-0.2, 0) is 37.5 Å². The van der Waals surface area contributed by atoms with Gasteiger partial charge in [-0.05, 0) is 0 Å². The van der Waals surface area contributed by atoms with Gasteiger partial charge in [-0.1, -0.05) is 0 Å². The van der Waals surface area contributed by atoms with Gasteiger partial charge in [-0.25, -0.2) is 0 Å². The molecule has 1 aromatic carbocycles. The number of hydrogen-bond donors (Lipinski definition) is 0. The van der Waals surface area contributed by atoms with E-state index in [0.29, 0.717) is 8.59 Å². The van der Waals surface area contributed by atoms with Crippen molar-refractivity contribution in [3.63, 3.8) is 0 Å². The van der Waals surface area contributed by atoms with Gasteiger partial charge in [0.05, 0.1) is 0 Å². The van der Waals surface area contributed by atoms with E-state index in [1.165, 1.54) is 51.4 Å². The Morgan fingerprint density at radius 2 is 1.62 bits per heavy atom. The van der Waals surface area contributed by atoms with Gasteiger partial charge in [0.25, 0.3) is 0 Å². The van der Waals surface area contributed by atoms with E-state index >= 15 is 0 Å². The first-order chi connectivity index (χ1) is 11.4. The zero-order chi connectivity index (χ0) is 17.4. The third kappa shape index (κ3) is 3.53. The van der Waals surface area contributed by atoms with E-state index in [0.717, 1.165) is 0 Å². The van der Waals surface area contributed by atoms with Crippen molar-refractivity contribution in [3.05, 3.63) is 40.5 Å². The fraction of sp³-hybridized carbons (Fsp3) is 0.652. The molecule has 131 valence electrons. The van der Waals surface area contributed by atoms with Crippen LogP contribution in [0.3, 0.4) is 0 Å². The molecule has 1 unspecified atom stereocenters. The topological polar surface area (TPSA) is 0 Å². The Balaban J connectivity index is 1.83. The number of fused-ring (bicyclic) bond motifs is 2. The molecule has 0 amide bonds. The van der Waals surface area contributed by atoms with Crippen molar-refractivity contribution in [2.24, 2.45) is 5.41 Å². The molecule has 24 heavy (non-hydrogen) atoms. The third-order valence-corrected chi connectivity index (χ3v) is 15.2. The van der Waals surface area contributed by atoms with Gasteiger partial charge in [0.15, 0.2) is 0 Å². The average Bonchev–Trinajstić information content (AvgIpc) is 3.01. The van der Waals surface area contributed by atoms with Gasteiger partial charge in [0.2, 0.25) is 0 Å². The summed E-state index contributed by atoms with van der Waals surface area (Å²) in [6, 6.07) is 5.19. The van der Waals surface area contributed by atoms with Gasteiger partial charge >= 0.3 is 158 Å². The third-order valence-electron chi connectivity index (χ3n) is 6.30. The Labute approximate surface area is 157 Å². The van der Waals surface area contributed by atoms with Crippen LogP contribution in [0.2, 0.25) is 9.36 Å². The SMILES string of the molecule is CCCCCCC[C]1([Hf]([CH3])[CH3])C=Cc2cc3c(cc21)CC(C)(C)C3. The molecule has 0 radical (unpaired) electrons. The first-order valence-corrected chi connectivity index (χ1v) is 19.0. The van der Waals surface area contributed by atoms with Crippen LogP contribution in [0, 0.1) is 5.41 Å². The predicted octanol–water partition coefficient (Wildman–Crippen LogP) is 7.11. The molecular formula is C23H35Hf. The van der Waals surface area contributed by atoms with Crippen molar-refractivity contribution in [2.45, 2.75) is 84.7 Å². The van der Waals surface area contributed by atoms with Crippen LogP contribution in [0.15, 0.2) is 18.2 Å². The van der Waals surface area contributed by atoms with Crippen LogP contribution in [0.1, 0.15) is 81.5 Å². The second-order valence-electron chi connectivity index (χ2n) is 9.19. The molecule has 0 fully saturated rings. The van der Waals surface area contributed by atoms with Crippen LogP contribution < -0.4 is 0 Å². The summed E-state index contributed by atoms with van der Waals surface area (Å²) in [6.45, 7) is 7.16. The maximum atomic E-state index is 2.64. The van der Waals surface area contributed by atoms with Gasteiger partial charge in [0.1, 0.15) is 0 Å². The first-order valence-electron chi connectivity index (χ1n) is 10.0. The van der Waals surface area contributed by atoms with Crippen LogP contribution in [0.25, 0.3) is 6.08 Å². The molecule has 0 heterocycles. The number of unbranched alkanes of at least 4 members (excludes halogenated alkanes) is 4. The normalized spacial score (nSPS) is 23.4. The van der Waals surface area contributed by atoms with Crippen molar-refractivity contribution in [2.75, 3.05) is 0 Å². The monoisotopic (exact) mass is 491 g/mol. The summed E-state index contributed by atoms with van der Waals surface area (Å²) in [5.41, 5.74) is 7.03. The molecule has 1 heteroatoms. The van der Waals surface area contributed by atoms with Crippen molar-refractivity contribution in [1.82, 2.24) is 0 Å². The zero-order valence-corrected chi connectivity index (χ0v) is 20.1. The van der Waals surface area contributed by atoms with Gasteiger partial charge in [0, 0.05) is 0 Å². The molecular weight excluding hydrogens is 455 g/mol. The molecule has 0 bridgehead atoms.